The van der Waals surface area contributed by atoms with Gasteiger partial charge >= 0.3 is 0 Å². The van der Waals surface area contributed by atoms with E-state index in [2.05, 4.69) is 17.2 Å². The predicted octanol–water partition coefficient (Wildman–Crippen LogP) is 2.07. The lowest BCUT2D eigenvalue weighted by molar-refractivity contribution is 0.727. The largest absolute Gasteiger partial charge is 0.328 e. The monoisotopic (exact) mass is 215 g/mol. The molecule has 0 bridgehead atoms. The molecule has 0 saturated carbocycles. The molecule has 0 saturated heterocycles. The molecule has 2 N–H and O–H groups in total. The zero-order valence-electron chi connectivity index (χ0n) is 9.72. The normalized spacial score (nSPS) is 12.7. The van der Waals surface area contributed by atoms with Gasteiger partial charge in [0.25, 0.3) is 0 Å². The Morgan fingerprint density at radius 3 is 2.69 bits per heavy atom. The molecule has 84 valence electrons. The average Bonchev–Trinajstić information content (AvgIpc) is 2.65. The predicted molar refractivity (Wildman–Crippen MR) is 65.7 cm³/mol. The number of aryl methyl sites for hydroxylation is 1. The third-order valence-corrected chi connectivity index (χ3v) is 2.50. The first-order valence-corrected chi connectivity index (χ1v) is 5.53. The van der Waals surface area contributed by atoms with E-state index in [9.17, 15) is 0 Å². The minimum absolute atomic E-state index is 0.165. The summed E-state index contributed by atoms with van der Waals surface area (Å²) in [6.07, 6.45) is 2.85. The number of nitrogens with zero attached hydrogens (tertiary/aromatic N) is 2. The molecule has 0 aliphatic carbocycles. The Hall–Kier alpha value is -1.61. The van der Waals surface area contributed by atoms with Crippen LogP contribution in [0, 0.1) is 6.92 Å². The fourth-order valence-corrected chi connectivity index (χ4v) is 1.80. The van der Waals surface area contributed by atoms with E-state index in [4.69, 9.17) is 5.73 Å². The lowest BCUT2D eigenvalue weighted by Gasteiger charge is -2.11. The van der Waals surface area contributed by atoms with Gasteiger partial charge in [-0.15, -0.1) is 0 Å². The van der Waals surface area contributed by atoms with Crippen LogP contribution in [0.2, 0.25) is 0 Å². The Morgan fingerprint density at radius 1 is 1.31 bits per heavy atom. The third kappa shape index (κ3) is 2.31. The van der Waals surface area contributed by atoms with Gasteiger partial charge in [0.1, 0.15) is 0 Å². The summed E-state index contributed by atoms with van der Waals surface area (Å²) in [6, 6.07) is 10.4. The quantitative estimate of drug-likeness (QED) is 0.851. The van der Waals surface area contributed by atoms with Crippen molar-refractivity contribution in [2.24, 2.45) is 5.73 Å². The van der Waals surface area contributed by atoms with Crippen molar-refractivity contribution in [3.63, 3.8) is 0 Å². The van der Waals surface area contributed by atoms with Gasteiger partial charge in [0.15, 0.2) is 0 Å². The van der Waals surface area contributed by atoms with E-state index >= 15 is 0 Å². The van der Waals surface area contributed by atoms with Crippen molar-refractivity contribution in [1.29, 1.82) is 0 Å². The summed E-state index contributed by atoms with van der Waals surface area (Å²) >= 11 is 0. The molecule has 0 aliphatic heterocycles. The summed E-state index contributed by atoms with van der Waals surface area (Å²) < 4.78 is 1.91. The summed E-state index contributed by atoms with van der Waals surface area (Å²) in [6.45, 7) is 4.01. The van der Waals surface area contributed by atoms with E-state index in [1.165, 1.54) is 5.56 Å². The number of nitrogens with two attached hydrogens (primary N) is 1. The highest BCUT2D eigenvalue weighted by molar-refractivity contribution is 5.40. The van der Waals surface area contributed by atoms with E-state index in [0.29, 0.717) is 0 Å². The molecule has 1 heterocycles. The Bertz CT molecular complexity index is 472. The van der Waals surface area contributed by atoms with Crippen molar-refractivity contribution in [3.8, 4) is 5.69 Å². The Labute approximate surface area is 95.9 Å². The first kappa shape index (κ1) is 10.9. The molecule has 0 spiro atoms. The van der Waals surface area contributed by atoms with E-state index < -0.39 is 0 Å². The zero-order valence-corrected chi connectivity index (χ0v) is 9.72. The van der Waals surface area contributed by atoms with Gasteiger partial charge < -0.3 is 5.73 Å². The maximum absolute atomic E-state index is 5.85. The lowest BCUT2D eigenvalue weighted by atomic mass is 10.1. The van der Waals surface area contributed by atoms with Crippen LogP contribution in [0.5, 0.6) is 0 Å². The Kier molecular flexibility index (Phi) is 3.06. The number of hydrogen-bond acceptors (Lipinski definition) is 2. The maximum Gasteiger partial charge on any atom is 0.0678 e. The standard InChI is InChI=1S/C13H17N3/c1-10(14)9-12-5-3-4-6-13(12)16-8-7-11(2)15-16/h3-8,10H,9,14H2,1-2H3. The van der Waals surface area contributed by atoms with E-state index in [1.54, 1.807) is 0 Å². The molecule has 0 amide bonds. The second kappa shape index (κ2) is 4.49. The van der Waals surface area contributed by atoms with Crippen molar-refractivity contribution >= 4 is 0 Å². The molecule has 0 fully saturated rings. The van der Waals surface area contributed by atoms with Crippen molar-refractivity contribution < 1.29 is 0 Å². The Morgan fingerprint density at radius 2 is 2.06 bits per heavy atom. The van der Waals surface area contributed by atoms with Crippen LogP contribution >= 0.6 is 0 Å². The number of para-hydroxylation sites is 1. The van der Waals surface area contributed by atoms with Crippen LogP contribution < -0.4 is 5.73 Å². The van der Waals surface area contributed by atoms with Crippen molar-refractivity contribution in [3.05, 3.63) is 47.8 Å². The molecule has 1 atom stereocenters. The van der Waals surface area contributed by atoms with Crippen LogP contribution in [0.25, 0.3) is 5.69 Å². The fraction of sp³-hybridized carbons (Fsp3) is 0.308. The van der Waals surface area contributed by atoms with Crippen LogP contribution in [0.15, 0.2) is 36.5 Å². The summed E-state index contributed by atoms with van der Waals surface area (Å²) in [5.74, 6) is 0. The van der Waals surface area contributed by atoms with Crippen molar-refractivity contribution in [1.82, 2.24) is 9.78 Å². The summed E-state index contributed by atoms with van der Waals surface area (Å²) in [7, 11) is 0. The van der Waals surface area contributed by atoms with Crippen LogP contribution in [0.1, 0.15) is 18.2 Å². The molecule has 3 heteroatoms. The van der Waals surface area contributed by atoms with Gasteiger partial charge in [-0.1, -0.05) is 18.2 Å². The van der Waals surface area contributed by atoms with Gasteiger partial charge in [-0.3, -0.25) is 0 Å². The van der Waals surface area contributed by atoms with Gasteiger partial charge in [0.2, 0.25) is 0 Å². The smallest absolute Gasteiger partial charge is 0.0678 e. The molecule has 1 unspecified atom stereocenters. The van der Waals surface area contributed by atoms with Crippen molar-refractivity contribution in [2.75, 3.05) is 0 Å². The number of rotatable bonds is 3. The summed E-state index contributed by atoms with van der Waals surface area (Å²) in [5, 5.41) is 4.42. The summed E-state index contributed by atoms with van der Waals surface area (Å²) in [4.78, 5) is 0. The first-order valence-electron chi connectivity index (χ1n) is 5.53. The second-order valence-corrected chi connectivity index (χ2v) is 4.21. The van der Waals surface area contributed by atoms with E-state index in [-0.39, 0.29) is 6.04 Å². The fourth-order valence-electron chi connectivity index (χ4n) is 1.80. The molecular formula is C13H17N3. The molecule has 1 aromatic heterocycles. The number of hydrogen-bond donors (Lipinski definition) is 1. The van der Waals surface area contributed by atoms with Crippen LogP contribution in [0.3, 0.4) is 0 Å². The topological polar surface area (TPSA) is 43.8 Å². The number of benzene rings is 1. The second-order valence-electron chi connectivity index (χ2n) is 4.21. The third-order valence-electron chi connectivity index (χ3n) is 2.50. The molecule has 0 radical (unpaired) electrons. The molecule has 3 nitrogen and oxygen atoms in total. The Balaban J connectivity index is 2.40. The maximum atomic E-state index is 5.85. The minimum Gasteiger partial charge on any atom is -0.328 e. The molecule has 2 aromatic rings. The van der Waals surface area contributed by atoms with Gasteiger partial charge in [-0.25, -0.2) is 4.68 Å². The molecule has 0 aliphatic rings. The molecule has 1 aromatic carbocycles. The molecule has 2 rings (SSSR count). The van der Waals surface area contributed by atoms with Crippen LogP contribution in [-0.2, 0) is 6.42 Å². The highest BCUT2D eigenvalue weighted by atomic mass is 15.3. The minimum atomic E-state index is 0.165. The lowest BCUT2D eigenvalue weighted by Crippen LogP contribution is -2.19. The van der Waals surface area contributed by atoms with Gasteiger partial charge in [-0.2, -0.15) is 5.10 Å². The van der Waals surface area contributed by atoms with Crippen LogP contribution in [0.4, 0.5) is 0 Å². The van der Waals surface area contributed by atoms with Gasteiger partial charge in [-0.05, 0) is 38.0 Å². The zero-order chi connectivity index (χ0) is 11.5. The SMILES string of the molecule is Cc1ccn(-c2ccccc2CC(C)N)n1. The van der Waals surface area contributed by atoms with Gasteiger partial charge in [0, 0.05) is 12.2 Å². The van der Waals surface area contributed by atoms with E-state index in [0.717, 1.165) is 17.8 Å². The average molecular weight is 215 g/mol. The van der Waals surface area contributed by atoms with Crippen LogP contribution in [-0.4, -0.2) is 15.8 Å². The number of aromatic nitrogens is 2. The molecule has 16 heavy (non-hydrogen) atoms. The molecular weight excluding hydrogens is 198 g/mol. The highest BCUT2D eigenvalue weighted by Crippen LogP contribution is 2.15. The summed E-state index contributed by atoms with van der Waals surface area (Å²) in [5.41, 5.74) is 9.23. The van der Waals surface area contributed by atoms with Gasteiger partial charge in [0.05, 0.1) is 11.4 Å². The van der Waals surface area contributed by atoms with Crippen molar-refractivity contribution in [2.45, 2.75) is 26.3 Å². The first-order chi connectivity index (χ1) is 7.66. The van der Waals surface area contributed by atoms with E-state index in [1.807, 2.05) is 42.9 Å². The highest BCUT2D eigenvalue weighted by Gasteiger charge is 2.06.